The van der Waals surface area contributed by atoms with Gasteiger partial charge in [0.15, 0.2) is 0 Å². The van der Waals surface area contributed by atoms with E-state index in [-0.39, 0.29) is 6.42 Å². The summed E-state index contributed by atoms with van der Waals surface area (Å²) < 4.78 is 46.1. The van der Waals surface area contributed by atoms with Crippen LogP contribution in [0.3, 0.4) is 0 Å². The van der Waals surface area contributed by atoms with Crippen LogP contribution in [0.4, 0.5) is 8.78 Å². The van der Waals surface area contributed by atoms with Crippen molar-refractivity contribution in [2.45, 2.75) is 45.3 Å². The highest BCUT2D eigenvalue weighted by Gasteiger charge is 2.53. The summed E-state index contributed by atoms with van der Waals surface area (Å²) in [6, 6.07) is 4.16. The van der Waals surface area contributed by atoms with Crippen LogP contribution in [0.5, 0.6) is 0 Å². The molecule has 1 aliphatic rings. The maximum Gasteiger partial charge on any atom is 0.525 e. The van der Waals surface area contributed by atoms with Gasteiger partial charge in [-0.1, -0.05) is 15.9 Å². The molecule has 2 rings (SSSR count). The smallest absolute Gasteiger partial charge is 0.398 e. The molecule has 1 aromatic rings. The number of hydrogen-bond acceptors (Lipinski definition) is 3. The minimum Gasteiger partial charge on any atom is -0.398 e. The second kappa shape index (κ2) is 7.24. The monoisotopic (exact) mass is 402 g/mol. The summed E-state index contributed by atoms with van der Waals surface area (Å²) in [5, 5.41) is 0. The van der Waals surface area contributed by atoms with Gasteiger partial charge in [0.25, 0.3) is 0 Å². The molecule has 0 atom stereocenters. The Hall–Kier alpha value is -0.755. The van der Waals surface area contributed by atoms with Crippen molar-refractivity contribution in [1.82, 2.24) is 0 Å². The van der Waals surface area contributed by atoms with Gasteiger partial charge in [-0.05, 0) is 63.5 Å². The van der Waals surface area contributed by atoms with E-state index in [0.29, 0.717) is 22.2 Å². The number of ether oxygens (including phenoxy) is 1. The van der Waals surface area contributed by atoms with Gasteiger partial charge in [0.2, 0.25) is 0 Å². The van der Waals surface area contributed by atoms with E-state index in [4.69, 9.17) is 14.0 Å². The van der Waals surface area contributed by atoms with E-state index < -0.39 is 29.9 Å². The summed E-state index contributed by atoms with van der Waals surface area (Å²) in [5.74, 6) is -0.440. The summed E-state index contributed by atoms with van der Waals surface area (Å²) in [6.07, 6.45) is 0.272. The molecule has 1 aliphatic heterocycles. The molecule has 0 saturated carbocycles. The number of rotatable bonds is 5. The molecule has 1 fully saturated rings. The highest BCUT2D eigenvalue weighted by Crippen LogP contribution is 2.41. The van der Waals surface area contributed by atoms with Gasteiger partial charge in [0, 0.05) is 11.6 Å². The minimum atomic E-state index is -1.13. The van der Waals surface area contributed by atoms with Crippen molar-refractivity contribution in [3.63, 3.8) is 0 Å². The molecule has 132 valence electrons. The summed E-state index contributed by atoms with van der Waals surface area (Å²) in [7, 11) is 0.405. The van der Waals surface area contributed by atoms with Gasteiger partial charge in [-0.25, -0.2) is 8.78 Å². The van der Waals surface area contributed by atoms with Gasteiger partial charge >= 0.3 is 7.12 Å². The number of benzene rings is 1. The lowest BCUT2D eigenvalue weighted by atomic mass is 9.82. The first-order valence-electron chi connectivity index (χ1n) is 7.77. The Kier molecular flexibility index (Phi) is 5.90. The van der Waals surface area contributed by atoms with Crippen LogP contribution in [0.2, 0.25) is 0 Å². The molecule has 7 heteroatoms. The first-order chi connectivity index (χ1) is 11.1. The number of methoxy groups -OCH3 is 1. The van der Waals surface area contributed by atoms with Gasteiger partial charge in [-0.3, -0.25) is 0 Å². The topological polar surface area (TPSA) is 27.7 Å². The highest BCUT2D eigenvalue weighted by atomic mass is 79.9. The summed E-state index contributed by atoms with van der Waals surface area (Å²) in [4.78, 5) is 0. The second-order valence-corrected chi connectivity index (χ2v) is 7.64. The minimum absolute atomic E-state index is 0.272. The van der Waals surface area contributed by atoms with Crippen LogP contribution in [0.1, 0.15) is 39.7 Å². The van der Waals surface area contributed by atoms with Gasteiger partial charge in [0.05, 0.1) is 17.8 Å². The van der Waals surface area contributed by atoms with E-state index in [1.807, 2.05) is 27.7 Å². The van der Waals surface area contributed by atoms with Gasteiger partial charge in [0.1, 0.15) is 11.5 Å². The van der Waals surface area contributed by atoms with Crippen LogP contribution in [-0.4, -0.2) is 32.0 Å². The van der Waals surface area contributed by atoms with Crippen molar-refractivity contribution < 1.29 is 22.8 Å². The lowest BCUT2D eigenvalue weighted by Crippen LogP contribution is -2.41. The summed E-state index contributed by atoms with van der Waals surface area (Å²) in [5.41, 5.74) is -1.13. The molecular formula is C17H22BBrF2O3. The largest absolute Gasteiger partial charge is 0.525 e. The standard InChI is InChI=1S/C17H22BBrF2O3/c1-16(2)17(3,4)24-18(23-16)15(21)12(8-9-22-5)13-10-11(20)6-7-14(13)19/h6-7,10H,8-9H2,1-5H3. The fourth-order valence-corrected chi connectivity index (χ4v) is 2.89. The van der Waals surface area contributed by atoms with Crippen LogP contribution in [-0.2, 0) is 14.0 Å². The Morgan fingerprint density at radius 2 is 1.79 bits per heavy atom. The number of hydrogen-bond donors (Lipinski definition) is 0. The van der Waals surface area contributed by atoms with E-state index in [1.54, 1.807) is 6.07 Å². The molecule has 1 aromatic carbocycles. The molecule has 0 bridgehead atoms. The van der Waals surface area contributed by atoms with Crippen molar-refractivity contribution in [2.24, 2.45) is 0 Å². The van der Waals surface area contributed by atoms with E-state index >= 15 is 4.39 Å². The molecule has 0 aliphatic carbocycles. The molecule has 0 unspecified atom stereocenters. The predicted octanol–water partition coefficient (Wildman–Crippen LogP) is 4.94. The molecule has 0 amide bonds. The van der Waals surface area contributed by atoms with E-state index in [1.165, 1.54) is 19.2 Å². The Bertz CT molecular complexity index is 631. The van der Waals surface area contributed by atoms with E-state index in [2.05, 4.69) is 15.9 Å². The van der Waals surface area contributed by atoms with Crippen molar-refractivity contribution >= 4 is 28.6 Å². The van der Waals surface area contributed by atoms with Crippen molar-refractivity contribution in [3.8, 4) is 0 Å². The van der Waals surface area contributed by atoms with Crippen LogP contribution in [0.15, 0.2) is 28.4 Å². The van der Waals surface area contributed by atoms with Crippen molar-refractivity contribution in [3.05, 3.63) is 39.8 Å². The van der Waals surface area contributed by atoms with E-state index in [9.17, 15) is 4.39 Å². The lowest BCUT2D eigenvalue weighted by Gasteiger charge is -2.32. The number of halogens is 3. The third-order valence-electron chi connectivity index (χ3n) is 4.56. The first-order valence-corrected chi connectivity index (χ1v) is 8.57. The quantitative estimate of drug-likeness (QED) is 0.653. The molecule has 3 nitrogen and oxygen atoms in total. The van der Waals surface area contributed by atoms with E-state index in [0.717, 1.165) is 0 Å². The first kappa shape index (κ1) is 19.6. The van der Waals surface area contributed by atoms with Gasteiger partial charge in [-0.2, -0.15) is 0 Å². The van der Waals surface area contributed by atoms with Crippen molar-refractivity contribution in [1.29, 1.82) is 0 Å². The van der Waals surface area contributed by atoms with Crippen LogP contribution < -0.4 is 0 Å². The molecule has 24 heavy (non-hydrogen) atoms. The fourth-order valence-electron chi connectivity index (χ4n) is 2.40. The zero-order chi connectivity index (χ0) is 18.1. The van der Waals surface area contributed by atoms with Crippen LogP contribution in [0.25, 0.3) is 5.57 Å². The van der Waals surface area contributed by atoms with Crippen molar-refractivity contribution in [2.75, 3.05) is 13.7 Å². The molecule has 1 heterocycles. The average Bonchev–Trinajstić information content (AvgIpc) is 2.71. The highest BCUT2D eigenvalue weighted by molar-refractivity contribution is 9.10. The Balaban J connectivity index is 2.46. The maximum atomic E-state index is 15.2. The third kappa shape index (κ3) is 3.90. The zero-order valence-electron chi connectivity index (χ0n) is 14.6. The SMILES string of the molecule is COCCC(=C(F)B1OC(C)(C)C(C)(C)O1)c1cc(F)ccc1Br. The molecule has 1 saturated heterocycles. The molecule has 0 aromatic heterocycles. The van der Waals surface area contributed by atoms with Gasteiger partial charge < -0.3 is 14.0 Å². The third-order valence-corrected chi connectivity index (χ3v) is 5.25. The zero-order valence-corrected chi connectivity index (χ0v) is 16.2. The molecular weight excluding hydrogens is 381 g/mol. The molecule has 0 N–H and O–H groups in total. The summed E-state index contributed by atoms with van der Waals surface area (Å²) >= 11 is 3.35. The lowest BCUT2D eigenvalue weighted by molar-refractivity contribution is 0.00578. The van der Waals surface area contributed by atoms with Crippen LogP contribution in [0, 0.1) is 5.82 Å². The summed E-state index contributed by atoms with van der Waals surface area (Å²) in [6.45, 7) is 7.71. The molecule has 0 radical (unpaired) electrons. The Morgan fingerprint density at radius 3 is 2.33 bits per heavy atom. The second-order valence-electron chi connectivity index (χ2n) is 6.78. The van der Waals surface area contributed by atoms with Gasteiger partial charge in [-0.15, -0.1) is 0 Å². The maximum absolute atomic E-state index is 15.2. The Morgan fingerprint density at radius 1 is 1.21 bits per heavy atom. The Labute approximate surface area is 150 Å². The fraction of sp³-hybridized carbons (Fsp3) is 0.529. The molecule has 0 spiro atoms. The average molecular weight is 403 g/mol. The van der Waals surface area contributed by atoms with Crippen LogP contribution >= 0.6 is 15.9 Å². The normalized spacial score (nSPS) is 20.2. The predicted molar refractivity (Wildman–Crippen MR) is 94.7 cm³/mol.